The van der Waals surface area contributed by atoms with Gasteiger partial charge in [-0.2, -0.15) is 0 Å². The minimum atomic E-state index is -0.454. The number of hydrogen-bond acceptors (Lipinski definition) is 4. The van der Waals surface area contributed by atoms with Gasteiger partial charge in [0.25, 0.3) is 0 Å². The van der Waals surface area contributed by atoms with Gasteiger partial charge in [-0.25, -0.2) is 9.78 Å². The van der Waals surface area contributed by atoms with Crippen molar-refractivity contribution in [2.75, 3.05) is 11.9 Å². The summed E-state index contributed by atoms with van der Waals surface area (Å²) in [5, 5.41) is 6.87. The van der Waals surface area contributed by atoms with E-state index >= 15 is 0 Å². The molecule has 0 atom stereocenters. The fourth-order valence-corrected chi connectivity index (χ4v) is 3.39. The third-order valence-electron chi connectivity index (χ3n) is 4.40. The first-order valence-electron chi connectivity index (χ1n) is 9.07. The number of hydrogen-bond donors (Lipinski definition) is 3. The van der Waals surface area contributed by atoms with E-state index in [9.17, 15) is 4.79 Å². The van der Waals surface area contributed by atoms with Crippen molar-refractivity contribution in [1.82, 2.24) is 15.3 Å². The molecule has 138 valence electrons. The molecule has 0 radical (unpaired) electrons. The zero-order valence-electron chi connectivity index (χ0n) is 14.9. The van der Waals surface area contributed by atoms with E-state index in [4.69, 9.17) is 17.0 Å². The maximum atomic E-state index is 12.3. The Balaban J connectivity index is 1.78. The maximum Gasteiger partial charge on any atom is 0.358 e. The summed E-state index contributed by atoms with van der Waals surface area (Å²) in [5.41, 5.74) is 1.16. The van der Waals surface area contributed by atoms with E-state index in [-0.39, 0.29) is 5.69 Å². The Morgan fingerprint density at radius 1 is 1.27 bits per heavy atom. The molecule has 1 aromatic carbocycles. The number of aromatic nitrogens is 2. The molecule has 6 nitrogen and oxygen atoms in total. The molecule has 0 aliphatic heterocycles. The van der Waals surface area contributed by atoms with Gasteiger partial charge in [-0.1, -0.05) is 49.6 Å². The molecular weight excluding hydrogens is 348 g/mol. The van der Waals surface area contributed by atoms with E-state index in [2.05, 4.69) is 20.6 Å². The van der Waals surface area contributed by atoms with Gasteiger partial charge in [-0.3, -0.25) is 0 Å². The Labute approximate surface area is 158 Å². The van der Waals surface area contributed by atoms with Crippen molar-refractivity contribution in [3.8, 4) is 11.4 Å². The molecule has 1 aliphatic rings. The Morgan fingerprint density at radius 2 is 2.00 bits per heavy atom. The zero-order valence-corrected chi connectivity index (χ0v) is 15.7. The van der Waals surface area contributed by atoms with Gasteiger partial charge in [0, 0.05) is 11.6 Å². The fourth-order valence-electron chi connectivity index (χ4n) is 3.12. The summed E-state index contributed by atoms with van der Waals surface area (Å²) < 4.78 is 5.14. The largest absolute Gasteiger partial charge is 0.461 e. The summed E-state index contributed by atoms with van der Waals surface area (Å²) in [4.78, 5) is 19.9. The second-order valence-electron chi connectivity index (χ2n) is 6.33. The maximum absolute atomic E-state index is 12.3. The Hall–Kier alpha value is -2.41. The monoisotopic (exact) mass is 372 g/mol. The average Bonchev–Trinajstić information content (AvgIpc) is 3.07. The summed E-state index contributed by atoms with van der Waals surface area (Å²) in [6.45, 7) is 2.07. The van der Waals surface area contributed by atoms with Gasteiger partial charge in [0.05, 0.1) is 6.61 Å². The first-order chi connectivity index (χ1) is 12.7. The van der Waals surface area contributed by atoms with Gasteiger partial charge in [0.15, 0.2) is 16.6 Å². The number of esters is 1. The standard InChI is InChI=1S/C19H24N4O2S/c1-2-25-18(24)15-17(22-16(21-15)13-9-5-3-6-10-13)23-19(26)20-14-11-7-4-8-12-14/h3,5-6,9-10,14H,2,4,7-8,11-12H2,1H3,(H,21,22)(H2,20,23,26). The van der Waals surface area contributed by atoms with E-state index in [1.807, 2.05) is 30.3 Å². The SMILES string of the molecule is CCOC(=O)c1[nH]c(-c2ccccc2)nc1NC(=S)NC1CCCCC1. The molecule has 7 heteroatoms. The number of carbonyl (C=O) groups excluding carboxylic acids is 1. The van der Waals surface area contributed by atoms with Crippen molar-refractivity contribution >= 4 is 29.1 Å². The quantitative estimate of drug-likeness (QED) is 0.546. The smallest absolute Gasteiger partial charge is 0.358 e. The van der Waals surface area contributed by atoms with Crippen LogP contribution in [0.1, 0.15) is 49.5 Å². The molecule has 3 rings (SSSR count). The number of imidazole rings is 1. The topological polar surface area (TPSA) is 79.0 Å². The third-order valence-corrected chi connectivity index (χ3v) is 4.62. The number of benzene rings is 1. The summed E-state index contributed by atoms with van der Waals surface area (Å²) in [5.74, 6) is 0.525. The highest BCUT2D eigenvalue weighted by atomic mass is 32.1. The molecule has 0 saturated heterocycles. The summed E-state index contributed by atoms with van der Waals surface area (Å²) in [7, 11) is 0. The van der Waals surface area contributed by atoms with Gasteiger partial charge in [-0.15, -0.1) is 0 Å². The van der Waals surface area contributed by atoms with Crippen LogP contribution in [0.25, 0.3) is 11.4 Å². The van der Waals surface area contributed by atoms with Crippen molar-refractivity contribution < 1.29 is 9.53 Å². The van der Waals surface area contributed by atoms with Gasteiger partial charge in [0.1, 0.15) is 5.82 Å². The minimum absolute atomic E-state index is 0.276. The van der Waals surface area contributed by atoms with Crippen LogP contribution in [-0.4, -0.2) is 33.7 Å². The van der Waals surface area contributed by atoms with Gasteiger partial charge >= 0.3 is 5.97 Å². The van der Waals surface area contributed by atoms with E-state index in [0.29, 0.717) is 29.4 Å². The molecule has 1 aliphatic carbocycles. The second kappa shape index (κ2) is 8.80. The first-order valence-corrected chi connectivity index (χ1v) is 9.48. The molecule has 0 unspecified atom stereocenters. The molecule has 1 saturated carbocycles. The lowest BCUT2D eigenvalue weighted by molar-refractivity contribution is 0.0521. The first kappa shape index (κ1) is 18.4. The van der Waals surface area contributed by atoms with E-state index in [1.54, 1.807) is 6.92 Å². The van der Waals surface area contributed by atoms with Crippen molar-refractivity contribution in [3.63, 3.8) is 0 Å². The highest BCUT2D eigenvalue weighted by molar-refractivity contribution is 7.80. The lowest BCUT2D eigenvalue weighted by Crippen LogP contribution is -2.39. The predicted octanol–water partition coefficient (Wildman–Crippen LogP) is 3.87. The van der Waals surface area contributed by atoms with Gasteiger partial charge in [0.2, 0.25) is 0 Å². The number of carbonyl (C=O) groups is 1. The van der Waals surface area contributed by atoms with Gasteiger partial charge in [-0.05, 0) is 32.0 Å². The highest BCUT2D eigenvalue weighted by Gasteiger charge is 2.21. The molecular formula is C19H24N4O2S. The van der Waals surface area contributed by atoms with E-state index in [0.717, 1.165) is 18.4 Å². The number of nitrogens with zero attached hydrogens (tertiary/aromatic N) is 1. The Morgan fingerprint density at radius 3 is 2.69 bits per heavy atom. The normalized spacial score (nSPS) is 14.7. The van der Waals surface area contributed by atoms with Crippen LogP contribution >= 0.6 is 12.2 Å². The van der Waals surface area contributed by atoms with Crippen LogP contribution in [0.15, 0.2) is 30.3 Å². The van der Waals surface area contributed by atoms with Crippen LogP contribution in [-0.2, 0) is 4.74 Å². The van der Waals surface area contributed by atoms with E-state index < -0.39 is 5.97 Å². The van der Waals surface area contributed by atoms with Crippen molar-refractivity contribution in [3.05, 3.63) is 36.0 Å². The number of rotatable bonds is 5. The Bertz CT molecular complexity index is 754. The van der Waals surface area contributed by atoms with Crippen LogP contribution < -0.4 is 10.6 Å². The molecule has 2 aromatic rings. The van der Waals surface area contributed by atoms with E-state index in [1.165, 1.54) is 19.3 Å². The number of ether oxygens (including phenoxy) is 1. The molecule has 3 N–H and O–H groups in total. The van der Waals surface area contributed by atoms with Crippen LogP contribution in [0.3, 0.4) is 0 Å². The zero-order chi connectivity index (χ0) is 18.4. The lowest BCUT2D eigenvalue weighted by Gasteiger charge is -2.24. The second-order valence-corrected chi connectivity index (χ2v) is 6.74. The number of H-pyrrole nitrogens is 1. The number of aromatic amines is 1. The third kappa shape index (κ3) is 4.60. The number of nitrogens with one attached hydrogen (secondary N) is 3. The fraction of sp³-hybridized carbons (Fsp3) is 0.421. The van der Waals surface area contributed by atoms with Crippen LogP contribution in [0, 0.1) is 0 Å². The van der Waals surface area contributed by atoms with Crippen LogP contribution in [0.5, 0.6) is 0 Å². The van der Waals surface area contributed by atoms with Gasteiger partial charge < -0.3 is 20.4 Å². The summed E-state index contributed by atoms with van der Waals surface area (Å²) in [6, 6.07) is 10.0. The molecule has 0 amide bonds. The molecule has 0 spiro atoms. The van der Waals surface area contributed by atoms with Crippen molar-refractivity contribution in [2.45, 2.75) is 45.1 Å². The average molecular weight is 372 g/mol. The van der Waals surface area contributed by atoms with Crippen LogP contribution in [0.2, 0.25) is 0 Å². The van der Waals surface area contributed by atoms with Crippen LogP contribution in [0.4, 0.5) is 5.82 Å². The summed E-state index contributed by atoms with van der Waals surface area (Å²) >= 11 is 5.43. The molecule has 1 aromatic heterocycles. The molecule has 0 bridgehead atoms. The number of thiocarbonyl (C=S) groups is 1. The minimum Gasteiger partial charge on any atom is -0.461 e. The molecule has 1 heterocycles. The Kier molecular flexibility index (Phi) is 6.22. The van der Waals surface area contributed by atoms with Crippen molar-refractivity contribution in [1.29, 1.82) is 0 Å². The molecule has 26 heavy (non-hydrogen) atoms. The highest BCUT2D eigenvalue weighted by Crippen LogP contribution is 2.22. The lowest BCUT2D eigenvalue weighted by atomic mass is 9.96. The number of anilines is 1. The summed E-state index contributed by atoms with van der Waals surface area (Å²) in [6.07, 6.45) is 5.94. The van der Waals surface area contributed by atoms with Crippen molar-refractivity contribution in [2.24, 2.45) is 0 Å². The predicted molar refractivity (Wildman–Crippen MR) is 106 cm³/mol. The molecule has 1 fully saturated rings.